The molecule has 2 aromatic carbocycles. The first-order valence-electron chi connectivity index (χ1n) is 15.9. The summed E-state index contributed by atoms with van der Waals surface area (Å²) in [5.74, 6) is 0.231. The van der Waals surface area contributed by atoms with E-state index >= 15 is 0 Å². The van der Waals surface area contributed by atoms with Crippen molar-refractivity contribution in [2.75, 3.05) is 45.6 Å². The highest BCUT2D eigenvalue weighted by Gasteiger charge is 2.40. The molecule has 2 aromatic rings. The van der Waals surface area contributed by atoms with Crippen LogP contribution in [0.2, 0.25) is 0 Å². The second-order valence-electron chi connectivity index (χ2n) is 13.2. The van der Waals surface area contributed by atoms with E-state index in [0.717, 1.165) is 24.5 Å². The first-order chi connectivity index (χ1) is 21.8. The van der Waals surface area contributed by atoms with E-state index < -0.39 is 29.6 Å². The third kappa shape index (κ3) is 7.89. The molecule has 0 spiro atoms. The summed E-state index contributed by atoms with van der Waals surface area (Å²) in [6.45, 7) is 0.469. The minimum Gasteiger partial charge on any atom is -0.368 e. The number of likely N-dealkylation sites (N-methyl/N-ethyl adjacent to an activating group) is 1. The van der Waals surface area contributed by atoms with Crippen molar-refractivity contribution in [2.45, 2.75) is 57.2 Å². The molecule has 0 aromatic heterocycles. The molecule has 12 heteroatoms. The third-order valence-electron chi connectivity index (χ3n) is 9.71. The Hall–Kier alpha value is -3.93. The lowest BCUT2D eigenvalue weighted by Crippen LogP contribution is -2.45. The summed E-state index contributed by atoms with van der Waals surface area (Å²) in [5, 5.41) is 2.96. The van der Waals surface area contributed by atoms with Gasteiger partial charge >= 0.3 is 6.18 Å². The quantitative estimate of drug-likeness (QED) is 0.355. The lowest BCUT2D eigenvalue weighted by atomic mass is 9.86. The molecule has 0 radical (unpaired) electrons. The number of benzene rings is 2. The Labute approximate surface area is 267 Å². The second kappa shape index (κ2) is 13.8. The molecule has 2 aliphatic carbocycles. The zero-order valence-electron chi connectivity index (χ0n) is 26.3. The summed E-state index contributed by atoms with van der Waals surface area (Å²) in [6, 6.07) is 9.25. The number of nitrogens with two attached hydrogens (primary N) is 1. The maximum absolute atomic E-state index is 14.0. The van der Waals surface area contributed by atoms with Crippen LogP contribution in [0.4, 0.5) is 18.9 Å². The number of alkyl halides is 3. The summed E-state index contributed by atoms with van der Waals surface area (Å²) in [5.41, 5.74) is 6.66. The van der Waals surface area contributed by atoms with Gasteiger partial charge in [-0.2, -0.15) is 13.2 Å². The second-order valence-corrected chi connectivity index (χ2v) is 13.2. The zero-order chi connectivity index (χ0) is 33.2. The van der Waals surface area contributed by atoms with Gasteiger partial charge < -0.3 is 25.8 Å². The van der Waals surface area contributed by atoms with Gasteiger partial charge in [-0.15, -0.1) is 0 Å². The van der Waals surface area contributed by atoms with E-state index in [0.29, 0.717) is 53.6 Å². The van der Waals surface area contributed by atoms with Crippen molar-refractivity contribution in [3.8, 4) is 0 Å². The standard InChI is InChI=1S/C34H42F3N5O4/c1-40(2)13-14-41(20-30(38)43)32(45)11-12-42-29(22-5-8-26(9-6-22)34(35,36)37)17-24-7-10-27(19-28(24)33(42)46)39-31(44)18-25-16-21-3-4-23(25)15-21/h5-10,19,21,23,25,29H,3-4,11-18,20H2,1-2H3,(H2,38,43)(H,39,44). The van der Waals surface area contributed by atoms with Gasteiger partial charge in [0, 0.05) is 43.7 Å². The molecule has 1 heterocycles. The van der Waals surface area contributed by atoms with Crippen molar-refractivity contribution in [1.29, 1.82) is 0 Å². The molecular weight excluding hydrogens is 599 g/mol. The van der Waals surface area contributed by atoms with Crippen molar-refractivity contribution < 1.29 is 32.3 Å². The van der Waals surface area contributed by atoms with Crippen LogP contribution in [-0.2, 0) is 27.0 Å². The van der Waals surface area contributed by atoms with Gasteiger partial charge in [0.2, 0.25) is 17.7 Å². The summed E-state index contributed by atoms with van der Waals surface area (Å²) < 4.78 is 39.9. The van der Waals surface area contributed by atoms with Crippen LogP contribution in [0.25, 0.3) is 0 Å². The molecule has 5 rings (SSSR count). The molecule has 4 atom stereocenters. The van der Waals surface area contributed by atoms with Crippen molar-refractivity contribution in [3.05, 3.63) is 64.7 Å². The number of nitrogens with one attached hydrogen (secondary N) is 1. The first-order valence-corrected chi connectivity index (χ1v) is 15.9. The highest BCUT2D eigenvalue weighted by atomic mass is 19.4. The van der Waals surface area contributed by atoms with Crippen LogP contribution in [0.15, 0.2) is 42.5 Å². The fraction of sp³-hybridized carbons (Fsp3) is 0.529. The normalized spacial score (nSPS) is 22.2. The van der Waals surface area contributed by atoms with E-state index in [1.807, 2.05) is 19.0 Å². The minimum absolute atomic E-state index is 0.0269. The highest BCUT2D eigenvalue weighted by Crippen LogP contribution is 2.49. The van der Waals surface area contributed by atoms with E-state index in [2.05, 4.69) is 5.32 Å². The number of nitrogens with zero attached hydrogens (tertiary/aromatic N) is 3. The molecule has 3 N–H and O–H groups in total. The van der Waals surface area contributed by atoms with Crippen LogP contribution < -0.4 is 11.1 Å². The van der Waals surface area contributed by atoms with Gasteiger partial charge in [-0.25, -0.2) is 0 Å². The van der Waals surface area contributed by atoms with Gasteiger partial charge in [0.25, 0.3) is 5.91 Å². The van der Waals surface area contributed by atoms with Crippen LogP contribution in [0.3, 0.4) is 0 Å². The van der Waals surface area contributed by atoms with Gasteiger partial charge in [0.15, 0.2) is 0 Å². The highest BCUT2D eigenvalue weighted by molar-refractivity contribution is 6.00. The number of primary amides is 1. The maximum atomic E-state index is 14.0. The van der Waals surface area contributed by atoms with E-state index in [9.17, 15) is 32.3 Å². The topological polar surface area (TPSA) is 116 Å². The van der Waals surface area contributed by atoms with Crippen molar-refractivity contribution in [2.24, 2.45) is 23.5 Å². The summed E-state index contributed by atoms with van der Waals surface area (Å²) in [7, 11) is 3.67. The molecule has 2 bridgehead atoms. The van der Waals surface area contributed by atoms with Gasteiger partial charge in [0.05, 0.1) is 18.2 Å². The van der Waals surface area contributed by atoms with Gasteiger partial charge in [-0.1, -0.05) is 24.6 Å². The third-order valence-corrected chi connectivity index (χ3v) is 9.71. The molecule has 0 saturated heterocycles. The molecule has 9 nitrogen and oxygen atoms in total. The van der Waals surface area contributed by atoms with Crippen molar-refractivity contribution in [3.63, 3.8) is 0 Å². The average Bonchev–Trinajstić information content (AvgIpc) is 3.61. The van der Waals surface area contributed by atoms with Crippen molar-refractivity contribution >= 4 is 29.3 Å². The summed E-state index contributed by atoms with van der Waals surface area (Å²) in [4.78, 5) is 56.6. The van der Waals surface area contributed by atoms with Gasteiger partial charge in [-0.05, 0) is 92.9 Å². The molecule has 2 saturated carbocycles. The van der Waals surface area contributed by atoms with Crippen LogP contribution in [0.1, 0.15) is 71.6 Å². The van der Waals surface area contributed by atoms with E-state index in [1.165, 1.54) is 41.2 Å². The summed E-state index contributed by atoms with van der Waals surface area (Å²) in [6.07, 6.45) is 0.880. The van der Waals surface area contributed by atoms with Crippen LogP contribution in [0, 0.1) is 17.8 Å². The molecule has 4 amide bonds. The number of hydrogen-bond acceptors (Lipinski definition) is 5. The number of amides is 4. The average molecular weight is 642 g/mol. The number of fused-ring (bicyclic) bond motifs is 3. The maximum Gasteiger partial charge on any atom is 0.416 e. The summed E-state index contributed by atoms with van der Waals surface area (Å²) >= 11 is 0. The van der Waals surface area contributed by atoms with Gasteiger partial charge in [0.1, 0.15) is 0 Å². The number of hydrogen-bond donors (Lipinski definition) is 2. The van der Waals surface area contributed by atoms with E-state index in [4.69, 9.17) is 5.73 Å². The zero-order valence-corrected chi connectivity index (χ0v) is 26.3. The first kappa shape index (κ1) is 33.4. The molecule has 1 aliphatic heterocycles. The van der Waals surface area contributed by atoms with E-state index in [1.54, 1.807) is 18.2 Å². The molecule has 2 fully saturated rings. The number of halogens is 3. The Morgan fingerprint density at radius 1 is 1.02 bits per heavy atom. The molecule has 4 unspecified atom stereocenters. The monoisotopic (exact) mass is 641 g/mol. The molecular formula is C34H42F3N5O4. The fourth-order valence-electron chi connectivity index (χ4n) is 7.35. The predicted molar refractivity (Wildman–Crippen MR) is 166 cm³/mol. The molecule has 46 heavy (non-hydrogen) atoms. The number of carbonyl (C=O) groups is 4. The fourth-order valence-corrected chi connectivity index (χ4v) is 7.35. The Balaban J connectivity index is 1.35. The smallest absolute Gasteiger partial charge is 0.368 e. The SMILES string of the molecule is CN(C)CCN(CC(N)=O)C(=O)CCN1C(=O)c2cc(NC(=O)CC3CC4CCC3C4)ccc2CC1c1ccc(C(F)(F)F)cc1. The Bertz CT molecular complexity index is 1460. The number of rotatable bonds is 12. The van der Waals surface area contributed by atoms with Crippen LogP contribution >= 0.6 is 0 Å². The number of carbonyl (C=O) groups excluding carboxylic acids is 4. The Kier molecular flexibility index (Phi) is 10.0. The van der Waals surface area contributed by atoms with Gasteiger partial charge in [-0.3, -0.25) is 19.2 Å². The molecule has 3 aliphatic rings. The molecule has 248 valence electrons. The van der Waals surface area contributed by atoms with Crippen LogP contribution in [-0.4, -0.2) is 78.6 Å². The predicted octanol–water partition coefficient (Wildman–Crippen LogP) is 4.48. The largest absolute Gasteiger partial charge is 0.416 e. The Morgan fingerprint density at radius 3 is 2.37 bits per heavy atom. The lowest BCUT2D eigenvalue weighted by molar-refractivity contribution is -0.137. The van der Waals surface area contributed by atoms with Crippen molar-refractivity contribution in [1.82, 2.24) is 14.7 Å². The minimum atomic E-state index is -4.51. The van der Waals surface area contributed by atoms with Crippen LogP contribution in [0.5, 0.6) is 0 Å². The number of anilines is 1. The Morgan fingerprint density at radius 2 is 1.76 bits per heavy atom. The van der Waals surface area contributed by atoms with E-state index in [-0.39, 0.29) is 37.9 Å². The lowest BCUT2D eigenvalue weighted by Gasteiger charge is -2.37.